The van der Waals surface area contributed by atoms with Gasteiger partial charge < -0.3 is 0 Å². The molecule has 0 unspecified atom stereocenters. The van der Waals surface area contributed by atoms with Crippen molar-refractivity contribution in [1.82, 2.24) is 0 Å². The largest absolute Gasteiger partial charge is 0.197 e. The first-order valence-electron chi connectivity index (χ1n) is 11.1. The summed E-state index contributed by atoms with van der Waals surface area (Å²) < 4.78 is 0. The molecule has 0 spiro atoms. The number of rotatable bonds is 4. The molecule has 0 amide bonds. The Bertz CT molecular complexity index is 1100. The van der Waals surface area contributed by atoms with Crippen LogP contribution in [-0.2, 0) is 16.2 Å². The Balaban J connectivity index is 2.15. The summed E-state index contributed by atoms with van der Waals surface area (Å²) in [6.45, 7) is 14.5. The third-order valence-corrected chi connectivity index (χ3v) is 6.21. The standard InChI is InChI=1S/C30H32N2/c1-28(2,3)27-25(21-11-15-23(16-12-21)29(4,5)19-31)9-8-10-26(27)22-13-17-24(18-14-22)30(6,7)20-32/h8-18H,1-7H3. The molecule has 0 aliphatic heterocycles. The maximum absolute atomic E-state index is 9.46. The molecule has 0 atom stereocenters. The Morgan fingerprint density at radius 2 is 0.875 bits per heavy atom. The second kappa shape index (κ2) is 8.29. The topological polar surface area (TPSA) is 47.6 Å². The zero-order valence-corrected chi connectivity index (χ0v) is 20.2. The molecule has 3 aromatic carbocycles. The van der Waals surface area contributed by atoms with Crippen LogP contribution < -0.4 is 0 Å². The number of hydrogen-bond acceptors (Lipinski definition) is 2. The summed E-state index contributed by atoms with van der Waals surface area (Å²) in [7, 11) is 0. The minimum atomic E-state index is -0.508. The molecular formula is C30H32N2. The van der Waals surface area contributed by atoms with Crippen LogP contribution in [0.2, 0.25) is 0 Å². The second-order valence-corrected chi connectivity index (χ2v) is 10.6. The van der Waals surface area contributed by atoms with E-state index in [2.05, 4.69) is 99.6 Å². The van der Waals surface area contributed by atoms with Crippen LogP contribution in [-0.4, -0.2) is 0 Å². The lowest BCUT2D eigenvalue weighted by atomic mass is 9.76. The number of hydrogen-bond donors (Lipinski definition) is 0. The molecule has 0 aromatic heterocycles. The summed E-state index contributed by atoms with van der Waals surface area (Å²) in [4.78, 5) is 0. The number of nitriles is 2. The molecule has 0 heterocycles. The van der Waals surface area contributed by atoms with E-state index in [9.17, 15) is 10.5 Å². The molecule has 0 bridgehead atoms. The Morgan fingerprint density at radius 1 is 0.531 bits per heavy atom. The Hall–Kier alpha value is -3.36. The van der Waals surface area contributed by atoms with Crippen molar-refractivity contribution in [3.8, 4) is 34.4 Å². The van der Waals surface area contributed by atoms with Gasteiger partial charge in [0.25, 0.3) is 0 Å². The van der Waals surface area contributed by atoms with E-state index in [1.54, 1.807) is 0 Å². The van der Waals surface area contributed by atoms with Crippen molar-refractivity contribution in [1.29, 1.82) is 10.5 Å². The van der Waals surface area contributed by atoms with Gasteiger partial charge in [-0.05, 0) is 72.1 Å². The first kappa shape index (κ1) is 23.3. The fourth-order valence-corrected chi connectivity index (χ4v) is 4.10. The van der Waals surface area contributed by atoms with Gasteiger partial charge in [0.2, 0.25) is 0 Å². The van der Waals surface area contributed by atoms with Crippen molar-refractivity contribution < 1.29 is 0 Å². The molecule has 3 aromatic rings. The van der Waals surface area contributed by atoms with Gasteiger partial charge in [0, 0.05) is 0 Å². The highest BCUT2D eigenvalue weighted by atomic mass is 14.3. The summed E-state index contributed by atoms with van der Waals surface area (Å²) in [5.74, 6) is 0. The van der Waals surface area contributed by atoms with Crippen molar-refractivity contribution in [2.45, 2.75) is 64.7 Å². The monoisotopic (exact) mass is 420 g/mol. The Kier molecular flexibility index (Phi) is 6.04. The van der Waals surface area contributed by atoms with Gasteiger partial charge in [-0.15, -0.1) is 0 Å². The van der Waals surface area contributed by atoms with Gasteiger partial charge in [-0.25, -0.2) is 0 Å². The summed E-state index contributed by atoms with van der Waals surface area (Å²) in [5.41, 5.74) is 6.96. The first-order chi connectivity index (χ1) is 14.9. The van der Waals surface area contributed by atoms with Gasteiger partial charge in [0.05, 0.1) is 23.0 Å². The van der Waals surface area contributed by atoms with Crippen LogP contribution >= 0.6 is 0 Å². The lowest BCUT2D eigenvalue weighted by Gasteiger charge is -2.27. The highest BCUT2D eigenvalue weighted by Gasteiger charge is 2.25. The highest BCUT2D eigenvalue weighted by Crippen LogP contribution is 2.41. The molecule has 0 aliphatic carbocycles. The van der Waals surface area contributed by atoms with Crippen LogP contribution in [0.1, 0.15) is 65.2 Å². The van der Waals surface area contributed by atoms with E-state index in [1.165, 1.54) is 16.7 Å². The zero-order valence-electron chi connectivity index (χ0n) is 20.2. The van der Waals surface area contributed by atoms with Gasteiger partial charge in [0.15, 0.2) is 0 Å². The van der Waals surface area contributed by atoms with Crippen LogP contribution in [0.4, 0.5) is 0 Å². The Morgan fingerprint density at radius 3 is 1.16 bits per heavy atom. The third-order valence-electron chi connectivity index (χ3n) is 6.21. The normalized spacial score (nSPS) is 12.2. The molecule has 0 fully saturated rings. The fourth-order valence-electron chi connectivity index (χ4n) is 4.10. The van der Waals surface area contributed by atoms with Crippen molar-refractivity contribution in [3.63, 3.8) is 0 Å². The highest BCUT2D eigenvalue weighted by molar-refractivity contribution is 5.80. The molecule has 2 nitrogen and oxygen atoms in total. The maximum Gasteiger partial charge on any atom is 0.0766 e. The molecule has 3 rings (SSSR count). The number of benzene rings is 3. The third kappa shape index (κ3) is 4.46. The molecule has 0 saturated heterocycles. The molecular weight excluding hydrogens is 388 g/mol. The maximum atomic E-state index is 9.46. The Labute approximate surface area is 193 Å². The lowest BCUT2D eigenvalue weighted by Crippen LogP contribution is -2.16. The minimum Gasteiger partial charge on any atom is -0.197 e. The van der Waals surface area contributed by atoms with Gasteiger partial charge in [-0.3, -0.25) is 0 Å². The van der Waals surface area contributed by atoms with E-state index >= 15 is 0 Å². The summed E-state index contributed by atoms with van der Waals surface area (Å²) in [5, 5.41) is 18.9. The van der Waals surface area contributed by atoms with E-state index in [0.717, 1.165) is 22.3 Å². The zero-order chi connectivity index (χ0) is 23.7. The van der Waals surface area contributed by atoms with E-state index in [1.807, 2.05) is 27.7 Å². The van der Waals surface area contributed by atoms with Crippen LogP contribution in [0.25, 0.3) is 22.3 Å². The molecule has 32 heavy (non-hydrogen) atoms. The molecule has 0 N–H and O–H groups in total. The van der Waals surface area contributed by atoms with E-state index in [0.29, 0.717) is 0 Å². The molecule has 2 heteroatoms. The molecule has 0 saturated carbocycles. The van der Waals surface area contributed by atoms with Crippen molar-refractivity contribution in [2.24, 2.45) is 0 Å². The fraction of sp³-hybridized carbons (Fsp3) is 0.333. The SMILES string of the molecule is CC(C)(C)c1c(-c2ccc(C(C)(C)C#N)cc2)cccc1-c1ccc(C(C)(C)C#N)cc1. The van der Waals surface area contributed by atoms with Crippen LogP contribution in [0.3, 0.4) is 0 Å². The predicted molar refractivity (Wildman–Crippen MR) is 133 cm³/mol. The minimum absolute atomic E-state index is 0.0683. The van der Waals surface area contributed by atoms with Crippen molar-refractivity contribution in [2.75, 3.05) is 0 Å². The first-order valence-corrected chi connectivity index (χ1v) is 11.1. The number of nitrogens with zero attached hydrogens (tertiary/aromatic N) is 2. The lowest BCUT2D eigenvalue weighted by molar-refractivity contribution is 0.593. The van der Waals surface area contributed by atoms with Gasteiger partial charge in [-0.2, -0.15) is 10.5 Å². The van der Waals surface area contributed by atoms with Crippen molar-refractivity contribution in [3.05, 3.63) is 83.4 Å². The summed E-state index contributed by atoms with van der Waals surface area (Å²) >= 11 is 0. The van der Waals surface area contributed by atoms with Crippen LogP contribution in [0, 0.1) is 22.7 Å². The van der Waals surface area contributed by atoms with Crippen molar-refractivity contribution >= 4 is 0 Å². The quantitative estimate of drug-likeness (QED) is 0.430. The molecule has 0 aliphatic rings. The molecule has 0 radical (unpaired) electrons. The second-order valence-electron chi connectivity index (χ2n) is 10.6. The van der Waals surface area contributed by atoms with E-state index < -0.39 is 10.8 Å². The van der Waals surface area contributed by atoms with Gasteiger partial charge in [0.1, 0.15) is 0 Å². The van der Waals surface area contributed by atoms with Crippen LogP contribution in [0.5, 0.6) is 0 Å². The van der Waals surface area contributed by atoms with Gasteiger partial charge >= 0.3 is 0 Å². The van der Waals surface area contributed by atoms with E-state index in [4.69, 9.17) is 0 Å². The molecule has 162 valence electrons. The van der Waals surface area contributed by atoms with Gasteiger partial charge in [-0.1, -0.05) is 87.5 Å². The summed E-state index contributed by atoms with van der Waals surface area (Å²) in [6, 6.07) is 28.0. The van der Waals surface area contributed by atoms with Crippen LogP contribution in [0.15, 0.2) is 66.7 Å². The average molecular weight is 421 g/mol. The van der Waals surface area contributed by atoms with E-state index in [-0.39, 0.29) is 5.41 Å². The smallest absolute Gasteiger partial charge is 0.0766 e. The summed E-state index contributed by atoms with van der Waals surface area (Å²) in [6.07, 6.45) is 0. The average Bonchev–Trinajstić information content (AvgIpc) is 2.78. The predicted octanol–water partition coefficient (Wildman–Crippen LogP) is 7.92.